The van der Waals surface area contributed by atoms with Crippen LogP contribution in [-0.2, 0) is 0 Å². The van der Waals surface area contributed by atoms with Crippen LogP contribution >= 0.6 is 0 Å². The first-order valence-electron chi connectivity index (χ1n) is 4.86. The minimum Gasteiger partial charge on any atom is -0.386 e. The Hall–Kier alpha value is -1.00. The fraction of sp³-hybridized carbons (Fsp3) is 0.455. The van der Waals surface area contributed by atoms with Crippen LogP contribution in [0.3, 0.4) is 0 Å². The molecule has 2 unspecified atom stereocenters. The summed E-state index contributed by atoms with van der Waals surface area (Å²) in [5.41, 5.74) is 1.01. The maximum atomic E-state index is 12.0. The second-order valence-electron chi connectivity index (χ2n) is 3.44. The molecular weight excluding hydrogens is 200 g/mol. The van der Waals surface area contributed by atoms with Crippen molar-refractivity contribution in [3.63, 3.8) is 0 Å². The van der Waals surface area contributed by atoms with Crippen molar-refractivity contribution in [2.75, 3.05) is 6.54 Å². The summed E-state index contributed by atoms with van der Waals surface area (Å²) in [4.78, 5) is 0. The van der Waals surface area contributed by atoms with Crippen molar-refractivity contribution in [1.29, 1.82) is 0 Å². The molecule has 1 aromatic rings. The van der Waals surface area contributed by atoms with Crippen molar-refractivity contribution in [3.05, 3.63) is 35.9 Å². The number of benzene rings is 1. The third-order valence-corrected chi connectivity index (χ3v) is 2.22. The Morgan fingerprint density at radius 1 is 1.27 bits per heavy atom. The van der Waals surface area contributed by atoms with Gasteiger partial charge < -0.3 is 10.4 Å². The monoisotopic (exact) mass is 215 g/mol. The summed E-state index contributed by atoms with van der Waals surface area (Å²) in [6.45, 7) is 1.77. The minimum absolute atomic E-state index is 0.0420. The Bertz CT molecular complexity index is 279. The first kappa shape index (κ1) is 12.1. The number of halogens is 2. The van der Waals surface area contributed by atoms with Gasteiger partial charge in [0.25, 0.3) is 6.43 Å². The van der Waals surface area contributed by atoms with E-state index in [2.05, 4.69) is 5.32 Å². The van der Waals surface area contributed by atoms with E-state index < -0.39 is 12.5 Å². The van der Waals surface area contributed by atoms with Crippen LogP contribution in [-0.4, -0.2) is 24.2 Å². The topological polar surface area (TPSA) is 32.3 Å². The molecule has 0 bridgehead atoms. The Labute approximate surface area is 87.9 Å². The lowest BCUT2D eigenvalue weighted by molar-refractivity contribution is -0.00439. The molecule has 15 heavy (non-hydrogen) atoms. The standard InChI is InChI=1S/C11H15F2NO/c1-8(9-5-3-2-4-6-9)14-7-10(15)11(12)13/h2-6,8,10-11,14-15H,7H2,1H3. The normalized spacial score (nSPS) is 15.3. The molecule has 1 aromatic carbocycles. The van der Waals surface area contributed by atoms with Crippen LogP contribution in [0.1, 0.15) is 18.5 Å². The van der Waals surface area contributed by atoms with E-state index in [0.717, 1.165) is 5.56 Å². The van der Waals surface area contributed by atoms with Crippen molar-refractivity contribution in [2.45, 2.75) is 25.5 Å². The predicted molar refractivity (Wildman–Crippen MR) is 54.9 cm³/mol. The summed E-state index contributed by atoms with van der Waals surface area (Å²) in [5.74, 6) is 0. The number of hydrogen-bond donors (Lipinski definition) is 2. The molecule has 2 nitrogen and oxygen atoms in total. The molecule has 0 aromatic heterocycles. The maximum Gasteiger partial charge on any atom is 0.265 e. The van der Waals surface area contributed by atoms with Crippen molar-refractivity contribution in [1.82, 2.24) is 5.32 Å². The smallest absolute Gasteiger partial charge is 0.265 e. The van der Waals surface area contributed by atoms with Gasteiger partial charge in [0.1, 0.15) is 6.10 Å². The van der Waals surface area contributed by atoms with Crippen LogP contribution in [0.25, 0.3) is 0 Å². The molecular formula is C11H15F2NO. The molecule has 0 fully saturated rings. The van der Waals surface area contributed by atoms with Gasteiger partial charge in [-0.2, -0.15) is 0 Å². The highest BCUT2D eigenvalue weighted by atomic mass is 19.3. The van der Waals surface area contributed by atoms with E-state index in [0.29, 0.717) is 0 Å². The summed E-state index contributed by atoms with van der Waals surface area (Å²) in [7, 11) is 0. The summed E-state index contributed by atoms with van der Waals surface area (Å²) in [5, 5.41) is 11.8. The highest BCUT2D eigenvalue weighted by Gasteiger charge is 2.17. The highest BCUT2D eigenvalue weighted by molar-refractivity contribution is 5.17. The number of alkyl halides is 2. The lowest BCUT2D eigenvalue weighted by atomic mass is 10.1. The molecule has 0 aliphatic carbocycles. The Morgan fingerprint density at radius 2 is 1.87 bits per heavy atom. The van der Waals surface area contributed by atoms with Crippen molar-refractivity contribution < 1.29 is 13.9 Å². The maximum absolute atomic E-state index is 12.0. The molecule has 4 heteroatoms. The van der Waals surface area contributed by atoms with Gasteiger partial charge in [-0.05, 0) is 12.5 Å². The van der Waals surface area contributed by atoms with Gasteiger partial charge >= 0.3 is 0 Å². The van der Waals surface area contributed by atoms with Crippen LogP contribution in [0, 0.1) is 0 Å². The SMILES string of the molecule is CC(NCC(O)C(F)F)c1ccccc1. The van der Waals surface area contributed by atoms with E-state index in [9.17, 15) is 8.78 Å². The zero-order valence-electron chi connectivity index (χ0n) is 8.53. The third-order valence-electron chi connectivity index (χ3n) is 2.22. The number of hydrogen-bond acceptors (Lipinski definition) is 2. The van der Waals surface area contributed by atoms with Gasteiger partial charge in [0, 0.05) is 12.6 Å². The van der Waals surface area contributed by atoms with Gasteiger partial charge in [-0.25, -0.2) is 8.78 Å². The van der Waals surface area contributed by atoms with Crippen LogP contribution < -0.4 is 5.32 Å². The van der Waals surface area contributed by atoms with E-state index in [1.165, 1.54) is 0 Å². The number of nitrogens with one attached hydrogen (secondary N) is 1. The van der Waals surface area contributed by atoms with Gasteiger partial charge in [-0.3, -0.25) is 0 Å². The lowest BCUT2D eigenvalue weighted by Crippen LogP contribution is -2.33. The van der Waals surface area contributed by atoms with Gasteiger partial charge in [0.15, 0.2) is 0 Å². The Morgan fingerprint density at radius 3 is 2.40 bits per heavy atom. The Balaban J connectivity index is 2.40. The van der Waals surface area contributed by atoms with Crippen LogP contribution in [0.4, 0.5) is 8.78 Å². The number of aliphatic hydroxyl groups excluding tert-OH is 1. The van der Waals surface area contributed by atoms with Crippen LogP contribution in [0.15, 0.2) is 30.3 Å². The average Bonchev–Trinajstić information content (AvgIpc) is 2.26. The molecule has 1 rings (SSSR count). The fourth-order valence-corrected chi connectivity index (χ4v) is 1.25. The molecule has 0 spiro atoms. The predicted octanol–water partition coefficient (Wildman–Crippen LogP) is 1.96. The number of aliphatic hydroxyl groups is 1. The van der Waals surface area contributed by atoms with E-state index in [1.54, 1.807) is 0 Å². The van der Waals surface area contributed by atoms with Gasteiger partial charge in [0.05, 0.1) is 0 Å². The second-order valence-corrected chi connectivity index (χ2v) is 3.44. The summed E-state index contributed by atoms with van der Waals surface area (Å²) >= 11 is 0. The average molecular weight is 215 g/mol. The molecule has 0 saturated heterocycles. The number of rotatable bonds is 5. The molecule has 0 amide bonds. The molecule has 84 valence electrons. The molecule has 0 saturated carbocycles. The lowest BCUT2D eigenvalue weighted by Gasteiger charge is -2.16. The van der Waals surface area contributed by atoms with Gasteiger partial charge in [-0.15, -0.1) is 0 Å². The van der Waals surface area contributed by atoms with Crippen molar-refractivity contribution in [2.24, 2.45) is 0 Å². The molecule has 0 radical (unpaired) electrons. The first-order chi connectivity index (χ1) is 7.11. The minimum atomic E-state index is -2.69. The van der Waals surface area contributed by atoms with Crippen molar-refractivity contribution >= 4 is 0 Å². The van der Waals surface area contributed by atoms with E-state index in [1.807, 2.05) is 37.3 Å². The fourth-order valence-electron chi connectivity index (χ4n) is 1.25. The van der Waals surface area contributed by atoms with Crippen molar-refractivity contribution in [3.8, 4) is 0 Å². The van der Waals surface area contributed by atoms with E-state index >= 15 is 0 Å². The Kier molecular flexibility index (Phi) is 4.65. The van der Waals surface area contributed by atoms with Gasteiger partial charge in [0.2, 0.25) is 0 Å². The third kappa shape index (κ3) is 3.93. The molecule has 0 aliphatic heterocycles. The zero-order valence-corrected chi connectivity index (χ0v) is 8.53. The van der Waals surface area contributed by atoms with Gasteiger partial charge in [-0.1, -0.05) is 30.3 Å². The summed E-state index contributed by atoms with van der Waals surface area (Å²) in [6.07, 6.45) is -4.29. The quantitative estimate of drug-likeness (QED) is 0.787. The molecule has 2 N–H and O–H groups in total. The largest absolute Gasteiger partial charge is 0.386 e. The molecule has 2 atom stereocenters. The molecule has 0 heterocycles. The summed E-state index contributed by atoms with van der Waals surface area (Å²) in [6, 6.07) is 9.44. The van der Waals surface area contributed by atoms with E-state index in [4.69, 9.17) is 5.11 Å². The molecule has 0 aliphatic rings. The zero-order chi connectivity index (χ0) is 11.3. The van der Waals surface area contributed by atoms with Crippen LogP contribution in [0.5, 0.6) is 0 Å². The first-order valence-corrected chi connectivity index (χ1v) is 4.86. The summed E-state index contributed by atoms with van der Waals surface area (Å²) < 4.78 is 24.0. The van der Waals surface area contributed by atoms with E-state index in [-0.39, 0.29) is 12.6 Å². The van der Waals surface area contributed by atoms with Crippen LogP contribution in [0.2, 0.25) is 0 Å². The highest BCUT2D eigenvalue weighted by Crippen LogP contribution is 2.11. The second kappa shape index (κ2) is 5.78.